The van der Waals surface area contributed by atoms with Gasteiger partial charge in [-0.15, -0.1) is 0 Å². The maximum Gasteiger partial charge on any atom is 0.154 e. The summed E-state index contributed by atoms with van der Waals surface area (Å²) in [5.74, 6) is 0.363. The fraction of sp³-hybridized carbons (Fsp3) is 1.00. The first kappa shape index (κ1) is 14.6. The van der Waals surface area contributed by atoms with Crippen LogP contribution in [0.5, 0.6) is 0 Å². The summed E-state index contributed by atoms with van der Waals surface area (Å²) >= 11 is 2.13. The molecule has 2 atom stereocenters. The predicted molar refractivity (Wildman–Crippen MR) is 68.9 cm³/mol. The van der Waals surface area contributed by atoms with Crippen molar-refractivity contribution in [1.82, 2.24) is 0 Å². The summed E-state index contributed by atoms with van der Waals surface area (Å²) in [5.41, 5.74) is 0. The van der Waals surface area contributed by atoms with Gasteiger partial charge in [-0.3, -0.25) is 0 Å². The van der Waals surface area contributed by atoms with Gasteiger partial charge in [-0.1, -0.05) is 22.6 Å². The minimum atomic E-state index is -2.89. The molecule has 1 heterocycles. The monoisotopic (exact) mass is 364 g/mol. The van der Waals surface area contributed by atoms with Crippen LogP contribution in [0, 0.1) is 0 Å². The quantitative estimate of drug-likeness (QED) is 0.369. The van der Waals surface area contributed by atoms with E-state index < -0.39 is 9.84 Å². The van der Waals surface area contributed by atoms with E-state index >= 15 is 0 Å². The van der Waals surface area contributed by atoms with E-state index in [1.165, 1.54) is 0 Å². The van der Waals surface area contributed by atoms with Crippen molar-refractivity contribution in [2.24, 2.45) is 0 Å². The van der Waals surface area contributed by atoms with Crippen molar-refractivity contribution in [2.75, 3.05) is 45.0 Å². The molecule has 1 aliphatic rings. The highest BCUT2D eigenvalue weighted by Crippen LogP contribution is 2.22. The first-order valence-corrected chi connectivity index (χ1v) is 8.14. The summed E-state index contributed by atoms with van der Waals surface area (Å²) in [5, 5.41) is 0. The number of methoxy groups -OCH3 is 1. The Balaban J connectivity index is 2.10. The maximum atomic E-state index is 11.3. The molecule has 7 heteroatoms. The van der Waals surface area contributed by atoms with E-state index in [0.717, 1.165) is 0 Å². The molecule has 0 bridgehead atoms. The number of hydrogen-bond acceptors (Lipinski definition) is 5. The predicted octanol–water partition coefficient (Wildman–Crippen LogP) is 0.267. The zero-order chi connectivity index (χ0) is 12.0. The molecule has 0 aromatic carbocycles. The van der Waals surface area contributed by atoms with Crippen LogP contribution in [0.2, 0.25) is 0 Å². The van der Waals surface area contributed by atoms with E-state index in [4.69, 9.17) is 14.2 Å². The summed E-state index contributed by atoms with van der Waals surface area (Å²) in [6.45, 7) is 2.01. The molecule has 1 saturated heterocycles. The SMILES string of the molecule is COCCOCCOC1CS(=O)(=O)CC1I. The number of ether oxygens (including phenoxy) is 3. The van der Waals surface area contributed by atoms with Crippen molar-refractivity contribution in [2.45, 2.75) is 10.0 Å². The van der Waals surface area contributed by atoms with Crippen LogP contribution in [0.15, 0.2) is 0 Å². The molecule has 0 aromatic rings. The molecule has 0 spiro atoms. The van der Waals surface area contributed by atoms with Crippen molar-refractivity contribution in [3.05, 3.63) is 0 Å². The van der Waals surface area contributed by atoms with Crippen LogP contribution >= 0.6 is 22.6 Å². The number of sulfone groups is 1. The fourth-order valence-electron chi connectivity index (χ4n) is 1.43. The molecule has 0 radical (unpaired) electrons. The highest BCUT2D eigenvalue weighted by Gasteiger charge is 2.36. The van der Waals surface area contributed by atoms with Crippen LogP contribution in [0.1, 0.15) is 0 Å². The fourth-order valence-corrected chi connectivity index (χ4v) is 5.54. The molecule has 5 nitrogen and oxygen atoms in total. The highest BCUT2D eigenvalue weighted by atomic mass is 127. The smallest absolute Gasteiger partial charge is 0.154 e. The lowest BCUT2D eigenvalue weighted by atomic mass is 10.3. The molecule has 96 valence electrons. The van der Waals surface area contributed by atoms with Gasteiger partial charge < -0.3 is 14.2 Å². The molecule has 0 N–H and O–H groups in total. The van der Waals surface area contributed by atoms with Crippen LogP contribution in [-0.4, -0.2) is 63.5 Å². The van der Waals surface area contributed by atoms with Crippen LogP contribution in [-0.2, 0) is 24.0 Å². The molecule has 1 rings (SSSR count). The normalized spacial score (nSPS) is 28.4. The Morgan fingerprint density at radius 3 is 2.44 bits per heavy atom. The number of rotatable bonds is 7. The maximum absolute atomic E-state index is 11.3. The molecule has 1 fully saturated rings. The summed E-state index contributed by atoms with van der Waals surface area (Å²) < 4.78 is 38.2. The van der Waals surface area contributed by atoms with E-state index in [0.29, 0.717) is 26.4 Å². The van der Waals surface area contributed by atoms with Gasteiger partial charge in [-0.2, -0.15) is 0 Å². The lowest BCUT2D eigenvalue weighted by Crippen LogP contribution is -2.24. The molecular weight excluding hydrogens is 347 g/mol. The molecule has 0 amide bonds. The summed E-state index contributed by atoms with van der Waals surface area (Å²) in [4.78, 5) is 0. The molecule has 1 aliphatic heterocycles. The first-order chi connectivity index (χ1) is 7.55. The Bertz CT molecular complexity index is 292. The van der Waals surface area contributed by atoms with Crippen LogP contribution in [0.25, 0.3) is 0 Å². The number of halogens is 1. The van der Waals surface area contributed by atoms with Crippen LogP contribution < -0.4 is 0 Å². The van der Waals surface area contributed by atoms with Crippen molar-refractivity contribution in [1.29, 1.82) is 0 Å². The lowest BCUT2D eigenvalue weighted by Gasteiger charge is -2.13. The molecule has 0 saturated carbocycles. The van der Waals surface area contributed by atoms with Gasteiger partial charge in [0.2, 0.25) is 0 Å². The molecular formula is C9H17IO5S. The second-order valence-electron chi connectivity index (χ2n) is 3.61. The van der Waals surface area contributed by atoms with E-state index in [-0.39, 0.29) is 21.5 Å². The van der Waals surface area contributed by atoms with Crippen LogP contribution in [0.3, 0.4) is 0 Å². The van der Waals surface area contributed by atoms with Gasteiger partial charge in [-0.25, -0.2) is 8.42 Å². The van der Waals surface area contributed by atoms with Gasteiger partial charge in [0, 0.05) is 7.11 Å². The second-order valence-corrected chi connectivity index (χ2v) is 7.36. The van der Waals surface area contributed by atoms with Gasteiger partial charge >= 0.3 is 0 Å². The van der Waals surface area contributed by atoms with E-state index in [9.17, 15) is 8.42 Å². The largest absolute Gasteiger partial charge is 0.382 e. The van der Waals surface area contributed by atoms with Gasteiger partial charge in [0.15, 0.2) is 9.84 Å². The summed E-state index contributed by atoms with van der Waals surface area (Å²) in [6, 6.07) is 0. The standard InChI is InChI=1S/C9H17IO5S/c1-13-2-3-14-4-5-15-9-7-16(11,12)6-8(9)10/h8-9H,2-7H2,1H3. The Kier molecular flexibility index (Phi) is 6.48. The van der Waals surface area contributed by atoms with Gasteiger partial charge in [0.05, 0.1) is 48.0 Å². The summed E-state index contributed by atoms with van der Waals surface area (Å²) in [6.07, 6.45) is -0.184. The Morgan fingerprint density at radius 2 is 1.88 bits per heavy atom. The third-order valence-electron chi connectivity index (χ3n) is 2.23. The first-order valence-electron chi connectivity index (χ1n) is 5.08. The lowest BCUT2D eigenvalue weighted by molar-refractivity contribution is 0.00452. The Morgan fingerprint density at radius 1 is 1.19 bits per heavy atom. The van der Waals surface area contributed by atoms with Gasteiger partial charge in [0.1, 0.15) is 0 Å². The Labute approximate surface area is 110 Å². The van der Waals surface area contributed by atoms with Crippen molar-refractivity contribution in [3.63, 3.8) is 0 Å². The second kappa shape index (κ2) is 7.10. The Hall–Kier alpha value is 0.560. The van der Waals surface area contributed by atoms with Crippen LogP contribution in [0.4, 0.5) is 0 Å². The van der Waals surface area contributed by atoms with Crippen molar-refractivity contribution >= 4 is 32.4 Å². The van der Waals surface area contributed by atoms with Gasteiger partial charge in [-0.05, 0) is 0 Å². The highest BCUT2D eigenvalue weighted by molar-refractivity contribution is 14.1. The average Bonchev–Trinajstić information content (AvgIpc) is 2.45. The minimum Gasteiger partial charge on any atom is -0.382 e. The van der Waals surface area contributed by atoms with Crippen molar-refractivity contribution < 1.29 is 22.6 Å². The van der Waals surface area contributed by atoms with E-state index in [1.54, 1.807) is 7.11 Å². The molecule has 0 aromatic heterocycles. The molecule has 0 aliphatic carbocycles. The van der Waals surface area contributed by atoms with Crippen molar-refractivity contribution in [3.8, 4) is 0 Å². The topological polar surface area (TPSA) is 61.8 Å². The zero-order valence-corrected chi connectivity index (χ0v) is 12.2. The number of hydrogen-bond donors (Lipinski definition) is 0. The van der Waals surface area contributed by atoms with E-state index in [1.807, 2.05) is 0 Å². The average molecular weight is 364 g/mol. The third-order valence-corrected chi connectivity index (χ3v) is 5.77. The molecule has 2 unspecified atom stereocenters. The van der Waals surface area contributed by atoms with E-state index in [2.05, 4.69) is 22.6 Å². The zero-order valence-electron chi connectivity index (χ0n) is 9.22. The summed E-state index contributed by atoms with van der Waals surface area (Å²) in [7, 11) is -1.27. The molecule has 16 heavy (non-hydrogen) atoms. The minimum absolute atomic E-state index is 0.0570. The number of alkyl halides is 1. The third kappa shape index (κ3) is 5.26. The van der Waals surface area contributed by atoms with Gasteiger partial charge in [0.25, 0.3) is 0 Å².